The highest BCUT2D eigenvalue weighted by Gasteiger charge is 2.28. The van der Waals surface area contributed by atoms with Gasteiger partial charge in [0.1, 0.15) is 0 Å². The highest BCUT2D eigenvalue weighted by atomic mass is 32.2. The quantitative estimate of drug-likeness (QED) is 0.848. The number of nitrogens with zero attached hydrogens (tertiary/aromatic N) is 1. The van der Waals surface area contributed by atoms with Crippen molar-refractivity contribution in [1.29, 1.82) is 0 Å². The van der Waals surface area contributed by atoms with E-state index in [0.717, 1.165) is 12.0 Å². The molecule has 0 atom stereocenters. The number of morpholine rings is 1. The first kappa shape index (κ1) is 14.5. The zero-order valence-electron chi connectivity index (χ0n) is 11.5. The van der Waals surface area contributed by atoms with Gasteiger partial charge in [-0.3, -0.25) is 0 Å². The number of hydrogen-bond acceptors (Lipinski definition) is 3. The molecule has 0 amide bonds. The van der Waals surface area contributed by atoms with Crippen molar-refractivity contribution in [3.8, 4) is 0 Å². The van der Waals surface area contributed by atoms with Gasteiger partial charge < -0.3 is 4.74 Å². The van der Waals surface area contributed by atoms with Crippen LogP contribution in [0.3, 0.4) is 0 Å². The van der Waals surface area contributed by atoms with Crippen LogP contribution in [0.25, 0.3) is 0 Å². The second kappa shape index (κ2) is 6.03. The van der Waals surface area contributed by atoms with Crippen molar-refractivity contribution in [3.05, 3.63) is 29.8 Å². The standard InChI is InChI=1S/C14H21NO3S/c1-12(2)11-13-5-3-4-6-14(13)19(16,17)15-7-9-18-10-8-15/h3-6,12H,7-11H2,1-2H3. The van der Waals surface area contributed by atoms with E-state index in [0.29, 0.717) is 37.1 Å². The Balaban J connectivity index is 2.34. The fraction of sp³-hybridized carbons (Fsp3) is 0.571. The second-order valence-electron chi connectivity index (χ2n) is 5.22. The topological polar surface area (TPSA) is 46.6 Å². The lowest BCUT2D eigenvalue weighted by Crippen LogP contribution is -2.40. The minimum atomic E-state index is -3.38. The Hall–Kier alpha value is -0.910. The summed E-state index contributed by atoms with van der Waals surface area (Å²) < 4.78 is 32.1. The van der Waals surface area contributed by atoms with Gasteiger partial charge in [-0.05, 0) is 24.0 Å². The average molecular weight is 283 g/mol. The molecule has 1 heterocycles. The normalized spacial score (nSPS) is 17.8. The summed E-state index contributed by atoms with van der Waals surface area (Å²) in [5.74, 6) is 0.432. The largest absolute Gasteiger partial charge is 0.379 e. The van der Waals surface area contributed by atoms with Gasteiger partial charge in [-0.2, -0.15) is 4.31 Å². The summed E-state index contributed by atoms with van der Waals surface area (Å²) in [4.78, 5) is 0.450. The Kier molecular flexibility index (Phi) is 4.60. The van der Waals surface area contributed by atoms with Gasteiger partial charge in [-0.25, -0.2) is 8.42 Å². The maximum absolute atomic E-state index is 12.7. The Morgan fingerprint density at radius 2 is 1.84 bits per heavy atom. The predicted octanol–water partition coefficient (Wildman–Crippen LogP) is 1.91. The van der Waals surface area contributed by atoms with Crippen molar-refractivity contribution in [1.82, 2.24) is 4.31 Å². The first-order valence-corrected chi connectivity index (χ1v) is 8.11. The van der Waals surface area contributed by atoms with E-state index >= 15 is 0 Å². The van der Waals surface area contributed by atoms with Crippen LogP contribution < -0.4 is 0 Å². The summed E-state index contributed by atoms with van der Waals surface area (Å²) in [5, 5.41) is 0. The molecule has 1 aliphatic rings. The molecule has 1 aromatic carbocycles. The van der Waals surface area contributed by atoms with Crippen LogP contribution in [0, 0.1) is 5.92 Å². The van der Waals surface area contributed by atoms with E-state index in [2.05, 4.69) is 13.8 Å². The summed E-state index contributed by atoms with van der Waals surface area (Å²) in [7, 11) is -3.38. The predicted molar refractivity (Wildman–Crippen MR) is 74.6 cm³/mol. The van der Waals surface area contributed by atoms with Crippen molar-refractivity contribution < 1.29 is 13.2 Å². The van der Waals surface area contributed by atoms with E-state index in [9.17, 15) is 8.42 Å². The minimum Gasteiger partial charge on any atom is -0.379 e. The molecule has 1 aromatic rings. The fourth-order valence-corrected chi connectivity index (χ4v) is 3.93. The summed E-state index contributed by atoms with van der Waals surface area (Å²) in [5.41, 5.74) is 0.906. The Morgan fingerprint density at radius 1 is 1.21 bits per heavy atom. The molecule has 2 rings (SSSR count). The van der Waals surface area contributed by atoms with E-state index in [4.69, 9.17) is 4.74 Å². The molecule has 1 aliphatic heterocycles. The van der Waals surface area contributed by atoms with Crippen LogP contribution in [-0.4, -0.2) is 39.0 Å². The molecule has 0 saturated carbocycles. The average Bonchev–Trinajstić information content (AvgIpc) is 2.39. The highest BCUT2D eigenvalue weighted by Crippen LogP contribution is 2.23. The molecule has 0 bridgehead atoms. The molecule has 106 valence electrons. The Labute approximate surface area is 115 Å². The van der Waals surface area contributed by atoms with Crippen molar-refractivity contribution >= 4 is 10.0 Å². The molecule has 4 nitrogen and oxygen atoms in total. The first-order chi connectivity index (χ1) is 9.01. The Morgan fingerprint density at radius 3 is 2.47 bits per heavy atom. The minimum absolute atomic E-state index is 0.432. The van der Waals surface area contributed by atoms with Gasteiger partial charge >= 0.3 is 0 Å². The van der Waals surface area contributed by atoms with Gasteiger partial charge in [0, 0.05) is 13.1 Å². The van der Waals surface area contributed by atoms with Gasteiger partial charge in [0.2, 0.25) is 10.0 Å². The molecule has 0 aliphatic carbocycles. The molecule has 0 radical (unpaired) electrons. The lowest BCUT2D eigenvalue weighted by molar-refractivity contribution is 0.0730. The number of sulfonamides is 1. The molecular weight excluding hydrogens is 262 g/mol. The van der Waals surface area contributed by atoms with E-state index in [1.807, 2.05) is 12.1 Å². The maximum atomic E-state index is 12.7. The van der Waals surface area contributed by atoms with Gasteiger partial charge in [0.25, 0.3) is 0 Å². The van der Waals surface area contributed by atoms with Crippen LogP contribution in [0.5, 0.6) is 0 Å². The molecule has 5 heteroatoms. The van der Waals surface area contributed by atoms with Crippen LogP contribution >= 0.6 is 0 Å². The SMILES string of the molecule is CC(C)Cc1ccccc1S(=O)(=O)N1CCOCC1. The lowest BCUT2D eigenvalue weighted by atomic mass is 10.0. The fourth-order valence-electron chi connectivity index (χ4n) is 2.29. The van der Waals surface area contributed by atoms with E-state index in [1.165, 1.54) is 4.31 Å². The second-order valence-corrected chi connectivity index (χ2v) is 7.13. The molecule has 0 N–H and O–H groups in total. The van der Waals surface area contributed by atoms with Crippen molar-refractivity contribution in [3.63, 3.8) is 0 Å². The molecule has 0 aromatic heterocycles. The summed E-state index contributed by atoms with van der Waals surface area (Å²) in [6, 6.07) is 7.31. The number of hydrogen-bond donors (Lipinski definition) is 0. The number of ether oxygens (including phenoxy) is 1. The van der Waals surface area contributed by atoms with Crippen LogP contribution in [0.2, 0.25) is 0 Å². The number of rotatable bonds is 4. The summed E-state index contributed by atoms with van der Waals surface area (Å²) in [6.07, 6.45) is 0.778. The highest BCUT2D eigenvalue weighted by molar-refractivity contribution is 7.89. The van der Waals surface area contributed by atoms with Crippen LogP contribution in [0.15, 0.2) is 29.2 Å². The zero-order chi connectivity index (χ0) is 13.9. The first-order valence-electron chi connectivity index (χ1n) is 6.67. The molecule has 1 fully saturated rings. The molecule has 0 unspecified atom stereocenters. The molecule has 1 saturated heterocycles. The smallest absolute Gasteiger partial charge is 0.243 e. The Bertz CT molecular complexity index is 519. The lowest BCUT2D eigenvalue weighted by Gasteiger charge is -2.27. The third-order valence-corrected chi connectivity index (χ3v) is 5.19. The van der Waals surface area contributed by atoms with E-state index in [1.54, 1.807) is 12.1 Å². The third kappa shape index (κ3) is 3.35. The van der Waals surface area contributed by atoms with Crippen LogP contribution in [0.1, 0.15) is 19.4 Å². The van der Waals surface area contributed by atoms with Gasteiger partial charge in [0.05, 0.1) is 18.1 Å². The summed E-state index contributed by atoms with van der Waals surface area (Å²) >= 11 is 0. The van der Waals surface area contributed by atoms with Gasteiger partial charge in [-0.15, -0.1) is 0 Å². The van der Waals surface area contributed by atoms with Crippen LogP contribution in [-0.2, 0) is 21.2 Å². The van der Waals surface area contributed by atoms with Crippen molar-refractivity contribution in [2.75, 3.05) is 26.3 Å². The molecular formula is C14H21NO3S. The van der Waals surface area contributed by atoms with Gasteiger partial charge in [0.15, 0.2) is 0 Å². The van der Waals surface area contributed by atoms with Gasteiger partial charge in [-0.1, -0.05) is 32.0 Å². The van der Waals surface area contributed by atoms with E-state index < -0.39 is 10.0 Å². The van der Waals surface area contributed by atoms with Crippen LogP contribution in [0.4, 0.5) is 0 Å². The van der Waals surface area contributed by atoms with Crippen molar-refractivity contribution in [2.24, 2.45) is 5.92 Å². The van der Waals surface area contributed by atoms with Crippen molar-refractivity contribution in [2.45, 2.75) is 25.2 Å². The molecule has 0 spiro atoms. The zero-order valence-corrected chi connectivity index (χ0v) is 12.3. The maximum Gasteiger partial charge on any atom is 0.243 e. The summed E-state index contributed by atoms with van der Waals surface area (Å²) in [6.45, 7) is 6.03. The third-order valence-electron chi connectivity index (χ3n) is 3.19. The van der Waals surface area contributed by atoms with E-state index in [-0.39, 0.29) is 0 Å². The number of benzene rings is 1. The monoisotopic (exact) mass is 283 g/mol. The molecule has 19 heavy (non-hydrogen) atoms.